The van der Waals surface area contributed by atoms with E-state index >= 15 is 0 Å². The Balaban J connectivity index is 1.45. The molecule has 4 aromatic rings. The first-order valence-corrected chi connectivity index (χ1v) is 9.94. The van der Waals surface area contributed by atoms with E-state index in [-0.39, 0.29) is 12.5 Å². The zero-order valence-electron chi connectivity index (χ0n) is 16.0. The Labute approximate surface area is 176 Å². The number of anilines is 1. The maximum Gasteiger partial charge on any atom is 0.262 e. The molecule has 3 aromatic carbocycles. The first kappa shape index (κ1) is 19.2. The maximum absolute atomic E-state index is 12.3. The van der Waals surface area contributed by atoms with E-state index in [0.717, 1.165) is 21.2 Å². The molecule has 0 saturated heterocycles. The molecule has 1 heterocycles. The van der Waals surface area contributed by atoms with Gasteiger partial charge in [-0.15, -0.1) is 0 Å². The summed E-state index contributed by atoms with van der Waals surface area (Å²) in [6.07, 6.45) is 0. The predicted molar refractivity (Wildman–Crippen MR) is 117 cm³/mol. The number of carbonyl (C=O) groups is 1. The zero-order chi connectivity index (χ0) is 20.4. The van der Waals surface area contributed by atoms with Gasteiger partial charge in [0.2, 0.25) is 5.89 Å². The lowest BCUT2D eigenvalue weighted by Gasteiger charge is -2.10. The number of oxazole rings is 1. The minimum absolute atomic E-state index is 0.0646. The molecule has 0 atom stereocenters. The minimum Gasteiger partial charge on any atom is -0.483 e. The van der Waals surface area contributed by atoms with Crippen molar-refractivity contribution in [2.24, 2.45) is 0 Å². The SMILES string of the molecule is Cc1ccc(OCC(=O)Nc2ccc3oc(-c4ccc(Br)cc4)nc3c2)c(C)c1. The number of halogens is 1. The molecule has 0 radical (unpaired) electrons. The van der Waals surface area contributed by atoms with Crippen LogP contribution in [0.5, 0.6) is 5.75 Å². The smallest absolute Gasteiger partial charge is 0.262 e. The van der Waals surface area contributed by atoms with Crippen LogP contribution in [0.1, 0.15) is 11.1 Å². The maximum atomic E-state index is 12.3. The van der Waals surface area contributed by atoms with Crippen molar-refractivity contribution >= 4 is 38.6 Å². The fourth-order valence-electron chi connectivity index (χ4n) is 3.02. The second-order valence-corrected chi connectivity index (χ2v) is 7.73. The number of ether oxygens (including phenoxy) is 1. The zero-order valence-corrected chi connectivity index (χ0v) is 17.6. The molecule has 5 nitrogen and oxygen atoms in total. The van der Waals surface area contributed by atoms with E-state index in [0.29, 0.717) is 28.4 Å². The summed E-state index contributed by atoms with van der Waals surface area (Å²) in [5.74, 6) is 1.01. The van der Waals surface area contributed by atoms with Crippen LogP contribution in [-0.4, -0.2) is 17.5 Å². The molecule has 29 heavy (non-hydrogen) atoms. The molecule has 0 unspecified atom stereocenters. The van der Waals surface area contributed by atoms with E-state index in [1.165, 1.54) is 0 Å². The molecule has 0 aliphatic rings. The summed E-state index contributed by atoms with van der Waals surface area (Å²) in [6, 6.07) is 19.0. The van der Waals surface area contributed by atoms with Gasteiger partial charge in [-0.05, 0) is 67.9 Å². The van der Waals surface area contributed by atoms with Crippen LogP contribution in [0.3, 0.4) is 0 Å². The molecule has 0 aliphatic heterocycles. The normalized spacial score (nSPS) is 10.9. The van der Waals surface area contributed by atoms with Gasteiger partial charge in [0.05, 0.1) is 0 Å². The number of benzene rings is 3. The molecule has 4 rings (SSSR count). The number of rotatable bonds is 5. The third kappa shape index (κ3) is 4.49. The van der Waals surface area contributed by atoms with Crippen LogP contribution in [0, 0.1) is 13.8 Å². The number of aromatic nitrogens is 1. The third-order valence-corrected chi connectivity index (χ3v) is 4.98. The lowest BCUT2D eigenvalue weighted by atomic mass is 10.1. The Bertz CT molecular complexity index is 1180. The highest BCUT2D eigenvalue weighted by molar-refractivity contribution is 9.10. The lowest BCUT2D eigenvalue weighted by Crippen LogP contribution is -2.20. The predicted octanol–water partition coefficient (Wildman–Crippen LogP) is 5.89. The number of fused-ring (bicyclic) bond motifs is 1. The van der Waals surface area contributed by atoms with Gasteiger partial charge in [0, 0.05) is 15.7 Å². The largest absolute Gasteiger partial charge is 0.483 e. The molecule has 0 aliphatic carbocycles. The van der Waals surface area contributed by atoms with Crippen molar-refractivity contribution in [3.63, 3.8) is 0 Å². The topological polar surface area (TPSA) is 64.4 Å². The van der Waals surface area contributed by atoms with Gasteiger partial charge in [-0.25, -0.2) is 4.98 Å². The Kier molecular flexibility index (Phi) is 5.36. The number of nitrogens with one attached hydrogen (secondary N) is 1. The number of hydrogen-bond donors (Lipinski definition) is 1. The van der Waals surface area contributed by atoms with Gasteiger partial charge in [0.1, 0.15) is 11.3 Å². The number of hydrogen-bond acceptors (Lipinski definition) is 4. The van der Waals surface area contributed by atoms with Gasteiger partial charge >= 0.3 is 0 Å². The van der Waals surface area contributed by atoms with Crippen LogP contribution >= 0.6 is 15.9 Å². The molecular formula is C23H19BrN2O3. The molecule has 0 fully saturated rings. The second kappa shape index (κ2) is 8.09. The number of aryl methyl sites for hydroxylation is 2. The van der Waals surface area contributed by atoms with E-state index in [9.17, 15) is 4.79 Å². The Morgan fingerprint density at radius 3 is 2.62 bits per heavy atom. The second-order valence-electron chi connectivity index (χ2n) is 6.81. The van der Waals surface area contributed by atoms with Crippen LogP contribution in [0.25, 0.3) is 22.6 Å². The number of amides is 1. The molecule has 0 spiro atoms. The molecule has 1 N–H and O–H groups in total. The average Bonchev–Trinajstić information content (AvgIpc) is 3.11. The van der Waals surface area contributed by atoms with Crippen molar-refractivity contribution in [3.8, 4) is 17.2 Å². The van der Waals surface area contributed by atoms with E-state index in [4.69, 9.17) is 9.15 Å². The molecule has 1 amide bonds. The fraction of sp³-hybridized carbons (Fsp3) is 0.130. The fourth-order valence-corrected chi connectivity index (χ4v) is 3.29. The van der Waals surface area contributed by atoms with Crippen molar-refractivity contribution in [3.05, 3.63) is 76.3 Å². The Hall–Kier alpha value is -3.12. The van der Waals surface area contributed by atoms with Crippen molar-refractivity contribution in [1.29, 1.82) is 0 Å². The summed E-state index contributed by atoms with van der Waals surface area (Å²) in [7, 11) is 0. The lowest BCUT2D eigenvalue weighted by molar-refractivity contribution is -0.118. The summed E-state index contributed by atoms with van der Waals surface area (Å²) >= 11 is 3.42. The third-order valence-electron chi connectivity index (χ3n) is 4.45. The van der Waals surface area contributed by atoms with E-state index in [1.807, 2.05) is 56.3 Å². The van der Waals surface area contributed by atoms with Gasteiger partial charge in [-0.3, -0.25) is 4.79 Å². The van der Waals surface area contributed by atoms with Crippen molar-refractivity contribution < 1.29 is 13.9 Å². The Morgan fingerprint density at radius 2 is 1.86 bits per heavy atom. The van der Waals surface area contributed by atoms with Crippen molar-refractivity contribution in [2.75, 3.05) is 11.9 Å². The number of carbonyl (C=O) groups excluding carboxylic acids is 1. The number of nitrogens with zero attached hydrogens (tertiary/aromatic N) is 1. The molecule has 1 aromatic heterocycles. The molecule has 6 heteroatoms. The van der Waals surface area contributed by atoms with Crippen LogP contribution in [-0.2, 0) is 4.79 Å². The van der Waals surface area contributed by atoms with Crippen LogP contribution in [0.15, 0.2) is 69.6 Å². The van der Waals surface area contributed by atoms with Gasteiger partial charge < -0.3 is 14.5 Å². The molecule has 146 valence electrons. The van der Waals surface area contributed by atoms with Crippen LogP contribution in [0.4, 0.5) is 5.69 Å². The monoisotopic (exact) mass is 450 g/mol. The average molecular weight is 451 g/mol. The molecular weight excluding hydrogens is 432 g/mol. The summed E-state index contributed by atoms with van der Waals surface area (Å²) in [6.45, 7) is 3.92. The van der Waals surface area contributed by atoms with Crippen molar-refractivity contribution in [1.82, 2.24) is 4.98 Å². The van der Waals surface area contributed by atoms with Gasteiger partial charge in [-0.1, -0.05) is 33.6 Å². The minimum atomic E-state index is -0.235. The molecule has 0 saturated carbocycles. The highest BCUT2D eigenvalue weighted by atomic mass is 79.9. The van der Waals surface area contributed by atoms with Crippen molar-refractivity contribution in [2.45, 2.75) is 13.8 Å². The van der Waals surface area contributed by atoms with E-state index < -0.39 is 0 Å². The van der Waals surface area contributed by atoms with Gasteiger partial charge in [0.15, 0.2) is 12.2 Å². The van der Waals surface area contributed by atoms with Gasteiger partial charge in [-0.2, -0.15) is 0 Å². The summed E-state index contributed by atoms with van der Waals surface area (Å²) in [5, 5.41) is 2.84. The summed E-state index contributed by atoms with van der Waals surface area (Å²) in [4.78, 5) is 16.8. The first-order valence-electron chi connectivity index (χ1n) is 9.14. The summed E-state index contributed by atoms with van der Waals surface area (Å²) < 4.78 is 12.4. The van der Waals surface area contributed by atoms with E-state index in [2.05, 4.69) is 26.2 Å². The quantitative estimate of drug-likeness (QED) is 0.411. The first-order chi connectivity index (χ1) is 14.0. The van der Waals surface area contributed by atoms with Crippen LogP contribution < -0.4 is 10.1 Å². The van der Waals surface area contributed by atoms with Gasteiger partial charge in [0.25, 0.3) is 5.91 Å². The Morgan fingerprint density at radius 1 is 1.07 bits per heavy atom. The van der Waals surface area contributed by atoms with Crippen LogP contribution in [0.2, 0.25) is 0 Å². The highest BCUT2D eigenvalue weighted by Crippen LogP contribution is 2.27. The standard InChI is InChI=1S/C23H19BrN2O3/c1-14-3-9-20(15(2)11-14)28-13-22(27)25-18-8-10-21-19(12-18)26-23(29-21)16-4-6-17(24)7-5-16/h3-12H,13H2,1-2H3,(H,25,27). The summed E-state index contributed by atoms with van der Waals surface area (Å²) in [5.41, 5.74) is 5.02. The molecule has 0 bridgehead atoms. The van der Waals surface area contributed by atoms with E-state index in [1.54, 1.807) is 18.2 Å². The highest BCUT2D eigenvalue weighted by Gasteiger charge is 2.11.